The van der Waals surface area contributed by atoms with Crippen molar-refractivity contribution in [1.82, 2.24) is 10.2 Å². The predicted octanol–water partition coefficient (Wildman–Crippen LogP) is 5.25. The van der Waals surface area contributed by atoms with E-state index in [1.807, 2.05) is 55.1 Å². The van der Waals surface area contributed by atoms with Crippen molar-refractivity contribution in [3.05, 3.63) is 70.9 Å². The van der Waals surface area contributed by atoms with Gasteiger partial charge in [-0.2, -0.15) is 0 Å². The van der Waals surface area contributed by atoms with E-state index >= 15 is 0 Å². The predicted molar refractivity (Wildman–Crippen MR) is 122 cm³/mol. The number of amides is 2. The van der Waals surface area contributed by atoms with Gasteiger partial charge in [0.15, 0.2) is 5.76 Å². The highest BCUT2D eigenvalue weighted by Crippen LogP contribution is 2.29. The zero-order chi connectivity index (χ0) is 22.0. The molecule has 5 nitrogen and oxygen atoms in total. The zero-order valence-electron chi connectivity index (χ0n) is 17.8. The molecule has 2 aromatic carbocycles. The van der Waals surface area contributed by atoms with E-state index in [-0.39, 0.29) is 23.5 Å². The van der Waals surface area contributed by atoms with Crippen LogP contribution in [0.4, 0.5) is 0 Å². The van der Waals surface area contributed by atoms with Crippen molar-refractivity contribution in [3.8, 4) is 0 Å². The molecule has 0 radical (unpaired) electrons. The summed E-state index contributed by atoms with van der Waals surface area (Å²) in [4.78, 5) is 27.9. The molecule has 1 unspecified atom stereocenters. The molecule has 3 aromatic rings. The Morgan fingerprint density at radius 2 is 1.74 bits per heavy atom. The minimum atomic E-state index is -0.590. The number of benzene rings is 2. The smallest absolute Gasteiger partial charge is 0.287 e. The number of fused-ring (bicyclic) bond motifs is 1. The van der Waals surface area contributed by atoms with Crippen molar-refractivity contribution in [2.75, 3.05) is 13.1 Å². The van der Waals surface area contributed by atoms with Gasteiger partial charge in [-0.25, -0.2) is 0 Å². The lowest BCUT2D eigenvalue weighted by atomic mass is 9.89. The molecular weight excluding hydrogens is 412 g/mol. The number of nitrogens with zero attached hydrogens (tertiary/aromatic N) is 1. The molecule has 0 saturated carbocycles. The number of furan rings is 1. The third-order valence-electron chi connectivity index (χ3n) is 6.02. The summed E-state index contributed by atoms with van der Waals surface area (Å²) < 4.78 is 5.66. The lowest BCUT2D eigenvalue weighted by molar-refractivity contribution is -0.135. The fourth-order valence-corrected chi connectivity index (χ4v) is 4.31. The highest BCUT2D eigenvalue weighted by Gasteiger charge is 2.32. The van der Waals surface area contributed by atoms with Crippen molar-refractivity contribution in [2.45, 2.75) is 38.6 Å². The van der Waals surface area contributed by atoms with Crippen LogP contribution in [0.5, 0.6) is 0 Å². The molecule has 0 spiro atoms. The van der Waals surface area contributed by atoms with Gasteiger partial charge in [0.2, 0.25) is 5.91 Å². The number of halogens is 1. The molecule has 0 aliphatic carbocycles. The van der Waals surface area contributed by atoms with Crippen LogP contribution < -0.4 is 5.32 Å². The average molecular weight is 439 g/mol. The van der Waals surface area contributed by atoms with E-state index in [0.717, 1.165) is 23.3 Å². The number of rotatable bonds is 5. The summed E-state index contributed by atoms with van der Waals surface area (Å²) in [6.45, 7) is 5.25. The summed E-state index contributed by atoms with van der Waals surface area (Å²) in [5.41, 5.74) is 1.92. The zero-order valence-corrected chi connectivity index (χ0v) is 18.6. The van der Waals surface area contributed by atoms with Gasteiger partial charge in [-0.05, 0) is 54.5 Å². The van der Waals surface area contributed by atoms with Crippen LogP contribution in [-0.2, 0) is 4.79 Å². The van der Waals surface area contributed by atoms with Crippen LogP contribution >= 0.6 is 11.6 Å². The van der Waals surface area contributed by atoms with Gasteiger partial charge in [0, 0.05) is 23.5 Å². The Balaban J connectivity index is 1.40. The van der Waals surface area contributed by atoms with Crippen molar-refractivity contribution in [2.24, 2.45) is 5.92 Å². The molecule has 162 valence electrons. The Kier molecular flexibility index (Phi) is 6.33. The number of carbonyl (C=O) groups excluding carboxylic acids is 2. The second-order valence-corrected chi connectivity index (χ2v) is 8.93. The van der Waals surface area contributed by atoms with Gasteiger partial charge in [-0.1, -0.05) is 55.8 Å². The topological polar surface area (TPSA) is 62.6 Å². The number of piperidine rings is 1. The first-order valence-corrected chi connectivity index (χ1v) is 11.1. The molecule has 1 N–H and O–H groups in total. The van der Waals surface area contributed by atoms with Gasteiger partial charge in [-0.3, -0.25) is 9.59 Å². The molecule has 1 aliphatic rings. The normalized spacial score (nSPS) is 15.9. The van der Waals surface area contributed by atoms with E-state index in [4.69, 9.17) is 16.0 Å². The Labute approximate surface area is 187 Å². The largest absolute Gasteiger partial charge is 0.451 e. The third-order valence-corrected chi connectivity index (χ3v) is 6.27. The molecule has 1 fully saturated rings. The lowest BCUT2D eigenvalue weighted by Crippen LogP contribution is -2.52. The summed E-state index contributed by atoms with van der Waals surface area (Å²) in [5.74, 6) is 0.216. The van der Waals surface area contributed by atoms with E-state index in [1.54, 1.807) is 6.07 Å². The molecule has 1 aliphatic heterocycles. The first-order valence-electron chi connectivity index (χ1n) is 10.8. The Bertz CT molecular complexity index is 1030. The van der Waals surface area contributed by atoms with Crippen molar-refractivity contribution >= 4 is 34.4 Å². The first-order chi connectivity index (χ1) is 14.9. The van der Waals surface area contributed by atoms with Crippen molar-refractivity contribution in [3.63, 3.8) is 0 Å². The minimum Gasteiger partial charge on any atom is -0.451 e. The van der Waals surface area contributed by atoms with Crippen LogP contribution in [0.25, 0.3) is 11.0 Å². The summed E-state index contributed by atoms with van der Waals surface area (Å²) in [7, 11) is 0. The molecule has 31 heavy (non-hydrogen) atoms. The summed E-state index contributed by atoms with van der Waals surface area (Å²) in [5, 5.41) is 4.50. The van der Waals surface area contributed by atoms with Gasteiger partial charge in [0.05, 0.1) is 0 Å². The first kappa shape index (κ1) is 21.4. The van der Waals surface area contributed by atoms with Gasteiger partial charge in [0.25, 0.3) is 5.91 Å². The fourth-order valence-electron chi connectivity index (χ4n) is 4.18. The van der Waals surface area contributed by atoms with Crippen LogP contribution in [0.3, 0.4) is 0 Å². The number of para-hydroxylation sites is 1. The standard InChI is InChI=1S/C25H27ClN2O3/c1-16(2)23(27-24(29)22-15-19-5-3-4-6-21(19)31-22)25(30)28-13-11-18(12-14-28)17-7-9-20(26)10-8-17/h3-10,15-16,18,23H,11-14H2,1-2H3,(H,27,29). The number of hydrogen-bond donors (Lipinski definition) is 1. The second-order valence-electron chi connectivity index (χ2n) is 8.49. The maximum Gasteiger partial charge on any atom is 0.287 e. The number of likely N-dealkylation sites (tertiary alicyclic amines) is 1. The second kappa shape index (κ2) is 9.15. The molecule has 0 bridgehead atoms. The highest BCUT2D eigenvalue weighted by atomic mass is 35.5. The SMILES string of the molecule is CC(C)C(NC(=O)c1cc2ccccc2o1)C(=O)N1CCC(c2ccc(Cl)cc2)CC1. The molecule has 2 heterocycles. The maximum absolute atomic E-state index is 13.2. The van der Waals surface area contributed by atoms with Gasteiger partial charge in [-0.15, -0.1) is 0 Å². The van der Waals surface area contributed by atoms with Gasteiger partial charge in [0.1, 0.15) is 11.6 Å². The molecule has 1 atom stereocenters. The van der Waals surface area contributed by atoms with E-state index < -0.39 is 6.04 Å². The van der Waals surface area contributed by atoms with Crippen molar-refractivity contribution in [1.29, 1.82) is 0 Å². The van der Waals surface area contributed by atoms with E-state index in [0.29, 0.717) is 24.6 Å². The fraction of sp³-hybridized carbons (Fsp3) is 0.360. The van der Waals surface area contributed by atoms with Crippen LogP contribution in [-0.4, -0.2) is 35.8 Å². The molecule has 1 saturated heterocycles. The average Bonchev–Trinajstić information content (AvgIpc) is 3.22. The van der Waals surface area contributed by atoms with E-state index in [9.17, 15) is 9.59 Å². The van der Waals surface area contributed by atoms with E-state index in [1.165, 1.54) is 5.56 Å². The molecule has 2 amide bonds. The number of nitrogens with one attached hydrogen (secondary N) is 1. The van der Waals surface area contributed by atoms with Crippen LogP contribution in [0.1, 0.15) is 48.7 Å². The Morgan fingerprint density at radius 1 is 1.06 bits per heavy atom. The molecular formula is C25H27ClN2O3. The van der Waals surface area contributed by atoms with Crippen molar-refractivity contribution < 1.29 is 14.0 Å². The third kappa shape index (κ3) is 4.77. The molecule has 4 rings (SSSR count). The van der Waals surface area contributed by atoms with Crippen LogP contribution in [0.2, 0.25) is 5.02 Å². The van der Waals surface area contributed by atoms with Gasteiger partial charge >= 0.3 is 0 Å². The van der Waals surface area contributed by atoms with E-state index in [2.05, 4.69) is 17.4 Å². The summed E-state index contributed by atoms with van der Waals surface area (Å²) >= 11 is 5.99. The van der Waals surface area contributed by atoms with Crippen LogP contribution in [0, 0.1) is 5.92 Å². The van der Waals surface area contributed by atoms with Crippen LogP contribution in [0.15, 0.2) is 59.0 Å². The van der Waals surface area contributed by atoms with Gasteiger partial charge < -0.3 is 14.6 Å². The number of carbonyl (C=O) groups is 2. The monoisotopic (exact) mass is 438 g/mol. The Hall–Kier alpha value is -2.79. The quantitative estimate of drug-likeness (QED) is 0.592. The summed E-state index contributed by atoms with van der Waals surface area (Å²) in [6, 6.07) is 16.6. The Morgan fingerprint density at radius 3 is 2.39 bits per heavy atom. The number of hydrogen-bond acceptors (Lipinski definition) is 3. The molecule has 6 heteroatoms. The summed E-state index contributed by atoms with van der Waals surface area (Å²) in [6.07, 6.45) is 1.80. The highest BCUT2D eigenvalue weighted by molar-refractivity contribution is 6.30. The maximum atomic E-state index is 13.2. The molecule has 1 aromatic heterocycles. The lowest BCUT2D eigenvalue weighted by Gasteiger charge is -2.35. The minimum absolute atomic E-state index is 0.0326.